The molecule has 0 radical (unpaired) electrons. The Hall–Kier alpha value is -2.84. The Morgan fingerprint density at radius 2 is 2.09 bits per heavy atom. The molecule has 1 saturated heterocycles. The summed E-state index contributed by atoms with van der Waals surface area (Å²) in [6, 6.07) is 6.31. The van der Waals surface area contributed by atoms with E-state index in [1.807, 2.05) is 11.1 Å². The number of benzene rings is 1. The molecule has 0 saturated carbocycles. The van der Waals surface area contributed by atoms with Crippen LogP contribution in [0.4, 0.5) is 11.5 Å². The molecule has 1 aromatic carbocycles. The monoisotopic (exact) mass is 461 g/mol. The summed E-state index contributed by atoms with van der Waals surface area (Å²) in [6.07, 6.45) is 7.87. The van der Waals surface area contributed by atoms with Crippen LogP contribution < -0.4 is 5.32 Å². The number of hydrogen-bond donors (Lipinski definition) is 2. The van der Waals surface area contributed by atoms with Gasteiger partial charge in [0, 0.05) is 42.4 Å². The zero-order valence-corrected chi connectivity index (χ0v) is 19.3. The van der Waals surface area contributed by atoms with Crippen LogP contribution >= 0.6 is 11.3 Å². The summed E-state index contributed by atoms with van der Waals surface area (Å²) in [4.78, 5) is 30.9. The predicted octanol–water partition coefficient (Wildman–Crippen LogP) is 3.70. The number of likely N-dealkylation sites (tertiary alicyclic amines) is 1. The van der Waals surface area contributed by atoms with Crippen molar-refractivity contribution in [3.63, 3.8) is 0 Å². The molecule has 33 heavy (non-hydrogen) atoms. The number of hydrogen-bond acceptors (Lipinski definition) is 7. The number of aliphatic imine (C=N–C) groups is 1. The molecule has 1 fully saturated rings. The Morgan fingerprint density at radius 1 is 1.21 bits per heavy atom. The van der Waals surface area contributed by atoms with Gasteiger partial charge in [-0.2, -0.15) is 0 Å². The fourth-order valence-electron chi connectivity index (χ4n) is 5.33. The first kappa shape index (κ1) is 20.7. The third kappa shape index (κ3) is 3.81. The summed E-state index contributed by atoms with van der Waals surface area (Å²) in [5, 5.41) is 14.0. The molecule has 6 rings (SSSR count). The lowest BCUT2D eigenvalue weighted by atomic mass is 9.86. The summed E-state index contributed by atoms with van der Waals surface area (Å²) < 4.78 is 0. The van der Waals surface area contributed by atoms with E-state index in [4.69, 9.17) is 0 Å². The molecule has 0 spiro atoms. The predicted molar refractivity (Wildman–Crippen MR) is 130 cm³/mol. The lowest BCUT2D eigenvalue weighted by molar-refractivity contribution is -0.137. The highest BCUT2D eigenvalue weighted by Gasteiger charge is 2.33. The van der Waals surface area contributed by atoms with Crippen molar-refractivity contribution in [2.24, 2.45) is 16.8 Å². The van der Waals surface area contributed by atoms with Gasteiger partial charge in [-0.1, -0.05) is 6.07 Å². The summed E-state index contributed by atoms with van der Waals surface area (Å²) in [6.45, 7) is 2.52. The van der Waals surface area contributed by atoms with Gasteiger partial charge in [0.1, 0.15) is 17.0 Å². The normalized spacial score (nSPS) is 20.2. The van der Waals surface area contributed by atoms with Crippen LogP contribution in [0.15, 0.2) is 29.5 Å². The number of aliphatic hydroxyl groups is 1. The van der Waals surface area contributed by atoms with Gasteiger partial charge in [-0.05, 0) is 66.8 Å². The third-order valence-electron chi connectivity index (χ3n) is 7.28. The second-order valence-electron chi connectivity index (χ2n) is 9.31. The number of amides is 1. The van der Waals surface area contributed by atoms with Crippen molar-refractivity contribution in [2.75, 3.05) is 25.0 Å². The number of aliphatic hydroxyl groups excluding tert-OH is 1. The average molecular weight is 462 g/mol. The lowest BCUT2D eigenvalue weighted by Gasteiger charge is -2.34. The number of carbonyl (C=O) groups excluding carboxylic acids is 1. The van der Waals surface area contributed by atoms with E-state index in [1.165, 1.54) is 16.0 Å². The zero-order valence-electron chi connectivity index (χ0n) is 18.5. The van der Waals surface area contributed by atoms with Crippen LogP contribution in [0.25, 0.3) is 10.2 Å². The molecule has 2 aromatic heterocycles. The number of aryl methyl sites for hydroxylation is 1. The number of aromatic nitrogens is 2. The highest BCUT2D eigenvalue weighted by molar-refractivity contribution is 7.19. The SMILES string of the molecule is O=C(C1CCc2c(sc3ncnc(Nc4ccc5c(c4)C=NC5)c23)C1)N1CCC(CO)CC1. The molecule has 2 N–H and O–H groups in total. The molecule has 3 aromatic rings. The molecule has 1 amide bonds. The van der Waals surface area contributed by atoms with Crippen LogP contribution in [0, 0.1) is 11.8 Å². The van der Waals surface area contributed by atoms with E-state index in [1.54, 1.807) is 17.7 Å². The molecule has 7 nitrogen and oxygen atoms in total. The minimum Gasteiger partial charge on any atom is -0.396 e. The minimum absolute atomic E-state index is 0.0385. The van der Waals surface area contributed by atoms with Crippen LogP contribution in [0.2, 0.25) is 0 Å². The maximum absolute atomic E-state index is 13.2. The van der Waals surface area contributed by atoms with Crippen molar-refractivity contribution in [2.45, 2.75) is 38.6 Å². The van der Waals surface area contributed by atoms with Gasteiger partial charge >= 0.3 is 0 Å². The molecule has 1 aliphatic carbocycles. The van der Waals surface area contributed by atoms with E-state index >= 15 is 0 Å². The zero-order chi connectivity index (χ0) is 22.4. The fraction of sp³-hybridized carbons (Fsp3) is 0.440. The smallest absolute Gasteiger partial charge is 0.226 e. The fourth-order valence-corrected chi connectivity index (χ4v) is 6.59. The molecule has 2 aliphatic heterocycles. The van der Waals surface area contributed by atoms with Crippen LogP contribution in [-0.4, -0.2) is 51.8 Å². The average Bonchev–Trinajstić information content (AvgIpc) is 3.47. The number of rotatable bonds is 4. The Morgan fingerprint density at radius 3 is 2.94 bits per heavy atom. The van der Waals surface area contributed by atoms with E-state index < -0.39 is 0 Å². The molecule has 1 unspecified atom stereocenters. The van der Waals surface area contributed by atoms with E-state index in [0.29, 0.717) is 5.92 Å². The van der Waals surface area contributed by atoms with Crippen molar-refractivity contribution in [1.82, 2.24) is 14.9 Å². The number of nitrogens with zero attached hydrogens (tertiary/aromatic N) is 4. The summed E-state index contributed by atoms with van der Waals surface area (Å²) in [5.41, 5.74) is 4.70. The first-order valence-corrected chi connectivity index (χ1v) is 12.6. The van der Waals surface area contributed by atoms with Crippen LogP contribution in [0.1, 0.15) is 40.8 Å². The number of nitrogens with one attached hydrogen (secondary N) is 1. The van der Waals surface area contributed by atoms with E-state index in [2.05, 4.69) is 38.5 Å². The first-order chi connectivity index (χ1) is 16.2. The maximum Gasteiger partial charge on any atom is 0.226 e. The van der Waals surface area contributed by atoms with Crippen LogP contribution in [0.3, 0.4) is 0 Å². The lowest BCUT2D eigenvalue weighted by Crippen LogP contribution is -2.43. The Labute approximate surface area is 196 Å². The Balaban J connectivity index is 1.23. The van der Waals surface area contributed by atoms with E-state index in [9.17, 15) is 9.90 Å². The second-order valence-corrected chi connectivity index (χ2v) is 10.4. The van der Waals surface area contributed by atoms with Crippen molar-refractivity contribution < 1.29 is 9.90 Å². The Kier molecular flexibility index (Phi) is 5.34. The standard InChI is InChI=1S/C25H27N5O2S/c31-13-15-5-7-30(8-6-15)25(32)16-2-4-20-21(10-16)33-24-22(20)23(27-14-28-24)29-19-3-1-17-11-26-12-18(17)9-19/h1,3,9,12,14-16,31H,2,4-8,10-11,13H2,(H,27,28,29). The second kappa shape index (κ2) is 8.50. The minimum atomic E-state index is 0.0385. The molecule has 1 atom stereocenters. The molecule has 4 heterocycles. The van der Waals surface area contributed by atoms with Crippen molar-refractivity contribution in [1.29, 1.82) is 0 Å². The largest absolute Gasteiger partial charge is 0.396 e. The highest BCUT2D eigenvalue weighted by Crippen LogP contribution is 2.41. The first-order valence-electron chi connectivity index (χ1n) is 11.7. The number of thiophene rings is 1. The van der Waals surface area contributed by atoms with Gasteiger partial charge in [0.2, 0.25) is 5.91 Å². The van der Waals surface area contributed by atoms with E-state index in [-0.39, 0.29) is 18.4 Å². The van der Waals surface area contributed by atoms with Crippen LogP contribution in [0.5, 0.6) is 0 Å². The summed E-state index contributed by atoms with van der Waals surface area (Å²) >= 11 is 1.70. The van der Waals surface area contributed by atoms with Gasteiger partial charge in [0.25, 0.3) is 0 Å². The summed E-state index contributed by atoms with van der Waals surface area (Å²) in [5.74, 6) is 1.50. The molecular weight excluding hydrogens is 434 g/mol. The quantitative estimate of drug-likeness (QED) is 0.618. The van der Waals surface area contributed by atoms with Crippen LogP contribution in [-0.2, 0) is 24.2 Å². The number of anilines is 2. The molecule has 8 heteroatoms. The number of fused-ring (bicyclic) bond motifs is 4. The highest BCUT2D eigenvalue weighted by atomic mass is 32.1. The molecular formula is C25H27N5O2S. The van der Waals surface area contributed by atoms with Gasteiger partial charge in [0.05, 0.1) is 11.9 Å². The van der Waals surface area contributed by atoms with Crippen molar-refractivity contribution in [3.8, 4) is 0 Å². The topological polar surface area (TPSA) is 90.7 Å². The van der Waals surface area contributed by atoms with Gasteiger partial charge in [-0.15, -0.1) is 11.3 Å². The maximum atomic E-state index is 13.2. The van der Waals surface area contributed by atoms with E-state index in [0.717, 1.165) is 79.0 Å². The number of carbonyl (C=O) groups is 1. The van der Waals surface area contributed by atoms with Crippen molar-refractivity contribution >= 4 is 45.2 Å². The Bertz CT molecular complexity index is 1250. The summed E-state index contributed by atoms with van der Waals surface area (Å²) in [7, 11) is 0. The number of piperidine rings is 1. The molecule has 170 valence electrons. The van der Waals surface area contributed by atoms with Crippen molar-refractivity contribution in [3.05, 3.63) is 46.1 Å². The third-order valence-corrected chi connectivity index (χ3v) is 8.44. The van der Waals surface area contributed by atoms with Gasteiger partial charge < -0.3 is 15.3 Å². The molecule has 0 bridgehead atoms. The van der Waals surface area contributed by atoms with Gasteiger partial charge in [-0.3, -0.25) is 9.79 Å². The molecule has 3 aliphatic rings. The van der Waals surface area contributed by atoms with Gasteiger partial charge in [-0.25, -0.2) is 9.97 Å². The van der Waals surface area contributed by atoms with Gasteiger partial charge in [0.15, 0.2) is 0 Å².